The Labute approximate surface area is 165 Å². The molecule has 2 aromatic carbocycles. The Bertz CT molecular complexity index is 888. The maximum atomic E-state index is 13.2. The van der Waals surface area contributed by atoms with Crippen molar-refractivity contribution in [3.05, 3.63) is 66.0 Å². The predicted octanol–water partition coefficient (Wildman–Crippen LogP) is 5.95. The predicted molar refractivity (Wildman–Crippen MR) is 109 cm³/mol. The van der Waals surface area contributed by atoms with Crippen LogP contribution in [0.1, 0.15) is 30.6 Å². The number of thioether (sulfide) groups is 1. The number of hydrogen-bond acceptors (Lipinski definition) is 5. The van der Waals surface area contributed by atoms with Crippen LogP contribution in [0.25, 0.3) is 0 Å². The normalized spacial score (nSPS) is 11.8. The zero-order valence-corrected chi connectivity index (χ0v) is 16.3. The summed E-state index contributed by atoms with van der Waals surface area (Å²) in [5, 5.41) is 14.1. The van der Waals surface area contributed by atoms with Crippen molar-refractivity contribution in [1.29, 1.82) is 0 Å². The number of urea groups is 1. The van der Waals surface area contributed by atoms with E-state index in [4.69, 9.17) is 0 Å². The summed E-state index contributed by atoms with van der Waals surface area (Å²) in [6.45, 7) is 2.15. The molecule has 5 nitrogen and oxygen atoms in total. The summed E-state index contributed by atoms with van der Waals surface area (Å²) in [7, 11) is 0. The van der Waals surface area contributed by atoms with Gasteiger partial charge in [-0.25, -0.2) is 9.18 Å². The van der Waals surface area contributed by atoms with Crippen molar-refractivity contribution >= 4 is 39.9 Å². The van der Waals surface area contributed by atoms with Gasteiger partial charge in [0.1, 0.15) is 5.82 Å². The van der Waals surface area contributed by atoms with E-state index in [1.807, 2.05) is 18.2 Å². The standard InChI is InChI=1S/C19H19FN4OS2/c1-2-7-16(13-8-4-3-5-9-13)26-19-24-23-18(27-19)22-17(25)21-15-11-6-10-14(20)12-15/h3-6,8-12,16H,2,7H2,1H3,(H2,21,22,23,25). The molecule has 0 bridgehead atoms. The molecule has 1 aromatic heterocycles. The van der Waals surface area contributed by atoms with E-state index in [1.54, 1.807) is 17.8 Å². The quantitative estimate of drug-likeness (QED) is 0.378. The monoisotopic (exact) mass is 402 g/mol. The Hall–Kier alpha value is -2.45. The first-order chi connectivity index (χ1) is 13.1. The Kier molecular flexibility index (Phi) is 6.78. The number of halogens is 1. The number of rotatable bonds is 7. The number of aromatic nitrogens is 2. The summed E-state index contributed by atoms with van der Waals surface area (Å²) in [6, 6.07) is 15.5. The van der Waals surface area contributed by atoms with Crippen LogP contribution in [0.4, 0.5) is 20.0 Å². The van der Waals surface area contributed by atoms with E-state index in [1.165, 1.54) is 35.1 Å². The van der Waals surface area contributed by atoms with Crippen molar-refractivity contribution in [3.8, 4) is 0 Å². The van der Waals surface area contributed by atoms with Gasteiger partial charge in [0.2, 0.25) is 5.13 Å². The van der Waals surface area contributed by atoms with Crippen molar-refractivity contribution in [2.75, 3.05) is 10.6 Å². The SMILES string of the molecule is CCCC(Sc1nnc(NC(=O)Nc2cccc(F)c2)s1)c1ccccc1. The molecule has 0 fully saturated rings. The molecule has 1 unspecified atom stereocenters. The first kappa shape index (κ1) is 19.3. The highest BCUT2D eigenvalue weighted by atomic mass is 32.2. The highest BCUT2D eigenvalue weighted by molar-refractivity contribution is 8.01. The van der Waals surface area contributed by atoms with E-state index >= 15 is 0 Å². The minimum Gasteiger partial charge on any atom is -0.308 e. The third kappa shape index (κ3) is 5.77. The molecule has 8 heteroatoms. The lowest BCUT2D eigenvalue weighted by atomic mass is 10.1. The van der Waals surface area contributed by atoms with Crippen molar-refractivity contribution in [2.45, 2.75) is 29.4 Å². The lowest BCUT2D eigenvalue weighted by molar-refractivity contribution is 0.262. The molecule has 0 aliphatic carbocycles. The Balaban J connectivity index is 1.61. The van der Waals surface area contributed by atoms with E-state index in [0.29, 0.717) is 10.8 Å². The molecule has 2 N–H and O–H groups in total. The van der Waals surface area contributed by atoms with E-state index in [2.05, 4.69) is 39.9 Å². The Morgan fingerprint density at radius 1 is 1.15 bits per heavy atom. The van der Waals surface area contributed by atoms with Gasteiger partial charge in [-0.2, -0.15) is 0 Å². The van der Waals surface area contributed by atoms with Crippen LogP contribution in [0.15, 0.2) is 58.9 Å². The van der Waals surface area contributed by atoms with Crippen LogP contribution >= 0.6 is 23.1 Å². The largest absolute Gasteiger partial charge is 0.325 e. The lowest BCUT2D eigenvalue weighted by Crippen LogP contribution is -2.19. The number of benzene rings is 2. The highest BCUT2D eigenvalue weighted by Crippen LogP contribution is 2.40. The fourth-order valence-corrected chi connectivity index (χ4v) is 4.71. The maximum absolute atomic E-state index is 13.2. The number of carbonyl (C=O) groups is 1. The van der Waals surface area contributed by atoms with Gasteiger partial charge in [0.05, 0.1) is 0 Å². The number of anilines is 2. The summed E-state index contributed by atoms with van der Waals surface area (Å²) < 4.78 is 14.0. The van der Waals surface area contributed by atoms with Gasteiger partial charge < -0.3 is 5.32 Å². The van der Waals surface area contributed by atoms with Gasteiger partial charge in [0.25, 0.3) is 0 Å². The molecule has 0 saturated heterocycles. The van der Waals surface area contributed by atoms with Crippen LogP contribution in [0.5, 0.6) is 0 Å². The molecule has 0 aliphatic rings. The fourth-order valence-electron chi connectivity index (χ4n) is 2.48. The lowest BCUT2D eigenvalue weighted by Gasteiger charge is -2.14. The zero-order valence-electron chi connectivity index (χ0n) is 14.7. The molecule has 1 heterocycles. The second-order valence-electron chi connectivity index (χ2n) is 5.77. The topological polar surface area (TPSA) is 66.9 Å². The molecule has 140 valence electrons. The molecule has 3 rings (SSSR count). The van der Waals surface area contributed by atoms with Crippen LogP contribution in [-0.2, 0) is 0 Å². The van der Waals surface area contributed by atoms with Crippen LogP contribution in [-0.4, -0.2) is 16.2 Å². The molecular formula is C19H19FN4OS2. The zero-order chi connectivity index (χ0) is 19.1. The van der Waals surface area contributed by atoms with E-state index < -0.39 is 11.8 Å². The molecule has 0 spiro atoms. The molecule has 0 aliphatic heterocycles. The molecular weight excluding hydrogens is 383 g/mol. The van der Waals surface area contributed by atoms with Crippen LogP contribution < -0.4 is 10.6 Å². The van der Waals surface area contributed by atoms with Gasteiger partial charge in [0, 0.05) is 10.9 Å². The summed E-state index contributed by atoms with van der Waals surface area (Å²) in [5.41, 5.74) is 1.62. The van der Waals surface area contributed by atoms with Crippen LogP contribution in [0.2, 0.25) is 0 Å². The molecule has 1 atom stereocenters. The highest BCUT2D eigenvalue weighted by Gasteiger charge is 2.16. The van der Waals surface area contributed by atoms with Crippen LogP contribution in [0, 0.1) is 5.82 Å². The summed E-state index contributed by atoms with van der Waals surface area (Å²) in [4.78, 5) is 12.0. The smallest absolute Gasteiger partial charge is 0.308 e. The van der Waals surface area contributed by atoms with Gasteiger partial charge in [-0.15, -0.1) is 10.2 Å². The van der Waals surface area contributed by atoms with Crippen molar-refractivity contribution in [1.82, 2.24) is 10.2 Å². The fraction of sp³-hybridized carbons (Fsp3) is 0.211. The number of amides is 2. The van der Waals surface area contributed by atoms with Crippen molar-refractivity contribution in [3.63, 3.8) is 0 Å². The van der Waals surface area contributed by atoms with Gasteiger partial charge in [-0.05, 0) is 30.2 Å². The second kappa shape index (κ2) is 9.48. The van der Waals surface area contributed by atoms with E-state index in [-0.39, 0.29) is 5.25 Å². The maximum Gasteiger partial charge on any atom is 0.325 e. The third-order valence-electron chi connectivity index (χ3n) is 3.67. The third-order valence-corrected chi connectivity index (χ3v) is 5.92. The van der Waals surface area contributed by atoms with Gasteiger partial charge in [-0.3, -0.25) is 5.32 Å². The van der Waals surface area contributed by atoms with Gasteiger partial charge in [-0.1, -0.05) is 72.8 Å². The molecule has 3 aromatic rings. The summed E-state index contributed by atoms with van der Waals surface area (Å²) in [5.74, 6) is -0.412. The van der Waals surface area contributed by atoms with Gasteiger partial charge >= 0.3 is 6.03 Å². The van der Waals surface area contributed by atoms with Crippen molar-refractivity contribution < 1.29 is 9.18 Å². The summed E-state index contributed by atoms with van der Waals surface area (Å²) in [6.07, 6.45) is 2.09. The minimum atomic E-state index is -0.485. The van der Waals surface area contributed by atoms with E-state index in [0.717, 1.165) is 17.2 Å². The average molecular weight is 403 g/mol. The Morgan fingerprint density at radius 2 is 1.96 bits per heavy atom. The molecule has 0 radical (unpaired) electrons. The van der Waals surface area contributed by atoms with Gasteiger partial charge in [0.15, 0.2) is 4.34 Å². The van der Waals surface area contributed by atoms with Crippen LogP contribution in [0.3, 0.4) is 0 Å². The molecule has 27 heavy (non-hydrogen) atoms. The number of nitrogens with one attached hydrogen (secondary N) is 2. The second-order valence-corrected chi connectivity index (χ2v) is 8.20. The first-order valence-corrected chi connectivity index (χ1v) is 10.2. The number of carbonyl (C=O) groups excluding carboxylic acids is 1. The summed E-state index contributed by atoms with van der Waals surface area (Å²) >= 11 is 2.96. The molecule has 2 amide bonds. The first-order valence-electron chi connectivity index (χ1n) is 8.52. The Morgan fingerprint density at radius 3 is 2.70 bits per heavy atom. The van der Waals surface area contributed by atoms with Crippen molar-refractivity contribution in [2.24, 2.45) is 0 Å². The number of nitrogens with zero attached hydrogens (tertiary/aromatic N) is 2. The minimum absolute atomic E-state index is 0.290. The average Bonchev–Trinajstić information content (AvgIpc) is 3.09. The number of hydrogen-bond donors (Lipinski definition) is 2. The van der Waals surface area contributed by atoms with E-state index in [9.17, 15) is 9.18 Å². The molecule has 0 saturated carbocycles.